The zero-order chi connectivity index (χ0) is 29.6. The lowest BCUT2D eigenvalue weighted by molar-refractivity contribution is -0.145. The fraction of sp³-hybridized carbons (Fsp3) is 0.568. The summed E-state index contributed by atoms with van der Waals surface area (Å²) < 4.78 is 2.35. The van der Waals surface area contributed by atoms with Crippen LogP contribution in [0.25, 0.3) is 0 Å². The standard InChI is InChI=1S/C37H50N4O2/c1-2-33-24-32(19-18-28-12-6-3-7-13-28)38-41(33)34-20-22-39(23-21-34)25-31-26-40(27-35(31)29-14-8-4-9-15-29)36(37(42)43)30-16-10-5-11-17-30/h3-4,6-9,12-15,24,30-31,34-36H,2,5,10-11,16-23,25-27H2,1H3,(H,42,43). The van der Waals surface area contributed by atoms with E-state index in [9.17, 15) is 9.90 Å². The molecule has 0 spiro atoms. The van der Waals surface area contributed by atoms with Gasteiger partial charge in [0, 0.05) is 44.3 Å². The summed E-state index contributed by atoms with van der Waals surface area (Å²) in [7, 11) is 0. The van der Waals surface area contributed by atoms with Crippen LogP contribution in [-0.2, 0) is 24.1 Å². The van der Waals surface area contributed by atoms with E-state index >= 15 is 0 Å². The second-order valence-corrected chi connectivity index (χ2v) is 13.4. The van der Waals surface area contributed by atoms with E-state index in [2.05, 4.69) is 88.1 Å². The summed E-state index contributed by atoms with van der Waals surface area (Å²) in [5, 5.41) is 15.5. The predicted octanol–water partition coefficient (Wildman–Crippen LogP) is 6.62. The molecule has 2 aliphatic heterocycles. The molecule has 3 atom stereocenters. The monoisotopic (exact) mass is 582 g/mol. The number of benzene rings is 2. The Morgan fingerprint density at radius 2 is 1.60 bits per heavy atom. The average Bonchev–Trinajstić information content (AvgIpc) is 3.66. The number of carbonyl (C=O) groups is 1. The number of hydrogen-bond acceptors (Lipinski definition) is 4. The molecule has 6 heteroatoms. The Labute approximate surface area is 258 Å². The highest BCUT2D eigenvalue weighted by Crippen LogP contribution is 2.39. The molecule has 3 unspecified atom stereocenters. The van der Waals surface area contributed by atoms with E-state index in [1.54, 1.807) is 0 Å². The van der Waals surface area contributed by atoms with Crippen LogP contribution >= 0.6 is 0 Å². The summed E-state index contributed by atoms with van der Waals surface area (Å²) >= 11 is 0. The molecule has 3 fully saturated rings. The zero-order valence-corrected chi connectivity index (χ0v) is 26.0. The summed E-state index contributed by atoms with van der Waals surface area (Å²) in [6, 6.07) is 24.0. The minimum absolute atomic E-state index is 0.289. The molecule has 0 amide bonds. The van der Waals surface area contributed by atoms with Crippen LogP contribution in [0.1, 0.15) is 86.3 Å². The first-order chi connectivity index (χ1) is 21.1. The quantitative estimate of drug-likeness (QED) is 0.276. The molecule has 1 aromatic heterocycles. The molecule has 43 heavy (non-hydrogen) atoms. The number of aromatic nitrogens is 2. The molecule has 1 N–H and O–H groups in total. The molecule has 3 aromatic rings. The van der Waals surface area contributed by atoms with Crippen LogP contribution in [0.5, 0.6) is 0 Å². The van der Waals surface area contributed by atoms with Gasteiger partial charge in [0.05, 0.1) is 11.7 Å². The summed E-state index contributed by atoms with van der Waals surface area (Å²) in [5.41, 5.74) is 5.31. The van der Waals surface area contributed by atoms with Crippen LogP contribution < -0.4 is 0 Å². The first-order valence-electron chi connectivity index (χ1n) is 16.9. The van der Waals surface area contributed by atoms with Crippen LogP contribution in [-0.4, -0.2) is 69.4 Å². The van der Waals surface area contributed by atoms with Crippen LogP contribution in [0, 0.1) is 11.8 Å². The van der Waals surface area contributed by atoms with E-state index in [1.165, 1.54) is 41.8 Å². The summed E-state index contributed by atoms with van der Waals surface area (Å²) in [5.74, 6) is 0.505. The minimum Gasteiger partial charge on any atom is -0.480 e. The Kier molecular flexibility index (Phi) is 9.95. The van der Waals surface area contributed by atoms with Crippen molar-refractivity contribution in [1.82, 2.24) is 19.6 Å². The van der Waals surface area contributed by atoms with E-state index in [4.69, 9.17) is 5.10 Å². The van der Waals surface area contributed by atoms with Crippen molar-refractivity contribution in [3.63, 3.8) is 0 Å². The molecule has 1 aliphatic carbocycles. The maximum atomic E-state index is 12.6. The van der Waals surface area contributed by atoms with Crippen molar-refractivity contribution < 1.29 is 9.90 Å². The molecule has 3 aliphatic rings. The predicted molar refractivity (Wildman–Crippen MR) is 172 cm³/mol. The SMILES string of the molecule is CCc1cc(CCc2ccccc2)nn1C1CCN(CC2CN(C(C(=O)O)C3CCCCC3)CC2c2ccccc2)CC1. The van der Waals surface area contributed by atoms with Crippen LogP contribution in [0.2, 0.25) is 0 Å². The highest BCUT2D eigenvalue weighted by Gasteiger charge is 2.43. The van der Waals surface area contributed by atoms with E-state index < -0.39 is 5.97 Å². The summed E-state index contributed by atoms with van der Waals surface area (Å²) in [4.78, 5) is 17.6. The molecular weight excluding hydrogens is 532 g/mol. The molecule has 3 heterocycles. The lowest BCUT2D eigenvalue weighted by Crippen LogP contribution is -2.46. The molecule has 6 nitrogen and oxygen atoms in total. The molecule has 230 valence electrons. The summed E-state index contributed by atoms with van der Waals surface area (Å²) in [6.45, 7) is 7.19. The highest BCUT2D eigenvalue weighted by atomic mass is 16.4. The number of nitrogens with zero attached hydrogens (tertiary/aromatic N) is 4. The number of likely N-dealkylation sites (tertiary alicyclic amines) is 2. The number of carboxylic acids is 1. The Morgan fingerprint density at radius 1 is 0.907 bits per heavy atom. The lowest BCUT2D eigenvalue weighted by Gasteiger charge is -2.35. The van der Waals surface area contributed by atoms with E-state index in [0.29, 0.717) is 17.9 Å². The van der Waals surface area contributed by atoms with Gasteiger partial charge in [0.1, 0.15) is 6.04 Å². The number of hydrogen-bond donors (Lipinski definition) is 1. The molecule has 1 saturated carbocycles. The smallest absolute Gasteiger partial charge is 0.321 e. The Morgan fingerprint density at radius 3 is 2.28 bits per heavy atom. The van der Waals surface area contributed by atoms with Crippen molar-refractivity contribution in [3.8, 4) is 0 Å². The number of aliphatic carboxylic acids is 1. The van der Waals surface area contributed by atoms with Crippen molar-refractivity contribution in [3.05, 3.63) is 89.2 Å². The second-order valence-electron chi connectivity index (χ2n) is 13.4. The normalized spacial score (nSPS) is 23.5. The molecule has 0 radical (unpaired) electrons. The van der Waals surface area contributed by atoms with Gasteiger partial charge in [-0.15, -0.1) is 0 Å². The Balaban J connectivity index is 1.10. The lowest BCUT2D eigenvalue weighted by atomic mass is 9.83. The van der Waals surface area contributed by atoms with Gasteiger partial charge < -0.3 is 10.0 Å². The Bertz CT molecular complexity index is 1290. The second kappa shape index (κ2) is 14.2. The molecule has 0 bridgehead atoms. The number of carboxylic acid groups (broad SMARTS) is 1. The van der Waals surface area contributed by atoms with Crippen molar-refractivity contribution in [2.24, 2.45) is 11.8 Å². The number of piperidine rings is 1. The van der Waals surface area contributed by atoms with Crippen LogP contribution in [0.3, 0.4) is 0 Å². The molecule has 2 saturated heterocycles. The van der Waals surface area contributed by atoms with E-state index in [0.717, 1.165) is 77.7 Å². The van der Waals surface area contributed by atoms with Crippen LogP contribution in [0.15, 0.2) is 66.7 Å². The molecular formula is C37H50N4O2. The van der Waals surface area contributed by atoms with Gasteiger partial charge in [0.15, 0.2) is 0 Å². The van der Waals surface area contributed by atoms with Crippen molar-refractivity contribution in [1.29, 1.82) is 0 Å². The first kappa shape index (κ1) is 30.1. The van der Waals surface area contributed by atoms with E-state index in [-0.39, 0.29) is 12.0 Å². The van der Waals surface area contributed by atoms with Gasteiger partial charge in [-0.05, 0) is 74.0 Å². The average molecular weight is 583 g/mol. The maximum Gasteiger partial charge on any atom is 0.321 e. The van der Waals surface area contributed by atoms with Gasteiger partial charge in [-0.3, -0.25) is 14.4 Å². The third kappa shape index (κ3) is 7.24. The first-order valence-corrected chi connectivity index (χ1v) is 16.9. The molecule has 2 aromatic carbocycles. The Hall–Kier alpha value is -2.96. The molecule has 6 rings (SSSR count). The fourth-order valence-corrected chi connectivity index (χ4v) is 8.29. The topological polar surface area (TPSA) is 61.6 Å². The van der Waals surface area contributed by atoms with Crippen molar-refractivity contribution >= 4 is 5.97 Å². The maximum absolute atomic E-state index is 12.6. The number of aryl methyl sites for hydroxylation is 3. The van der Waals surface area contributed by atoms with Gasteiger partial charge >= 0.3 is 5.97 Å². The third-order valence-electron chi connectivity index (χ3n) is 10.6. The van der Waals surface area contributed by atoms with Crippen molar-refractivity contribution in [2.45, 2.75) is 89.1 Å². The van der Waals surface area contributed by atoms with E-state index in [1.807, 2.05) is 0 Å². The van der Waals surface area contributed by atoms with Gasteiger partial charge in [-0.1, -0.05) is 86.8 Å². The number of rotatable bonds is 11. The third-order valence-corrected chi connectivity index (χ3v) is 10.6. The largest absolute Gasteiger partial charge is 0.480 e. The highest BCUT2D eigenvalue weighted by molar-refractivity contribution is 5.74. The minimum atomic E-state index is -0.616. The van der Waals surface area contributed by atoms with Crippen LogP contribution in [0.4, 0.5) is 0 Å². The fourth-order valence-electron chi connectivity index (χ4n) is 8.29. The van der Waals surface area contributed by atoms with Gasteiger partial charge in [-0.25, -0.2) is 0 Å². The van der Waals surface area contributed by atoms with Gasteiger partial charge in [0.25, 0.3) is 0 Å². The van der Waals surface area contributed by atoms with Gasteiger partial charge in [-0.2, -0.15) is 5.10 Å². The van der Waals surface area contributed by atoms with Crippen molar-refractivity contribution in [2.75, 3.05) is 32.7 Å². The summed E-state index contributed by atoms with van der Waals surface area (Å²) in [6.07, 6.45) is 11.0. The zero-order valence-electron chi connectivity index (χ0n) is 26.0. The van der Waals surface area contributed by atoms with Gasteiger partial charge in [0.2, 0.25) is 0 Å².